The molecule has 0 bridgehead atoms. The van der Waals surface area contributed by atoms with E-state index in [9.17, 15) is 14.9 Å². The number of carbonyl (C=O) groups excluding carboxylic acids is 1. The molecule has 1 aromatic heterocycles. The highest BCUT2D eigenvalue weighted by Gasteiger charge is 2.14. The van der Waals surface area contributed by atoms with Crippen molar-refractivity contribution in [3.63, 3.8) is 0 Å². The van der Waals surface area contributed by atoms with Crippen LogP contribution in [-0.2, 0) is 22.6 Å². The summed E-state index contributed by atoms with van der Waals surface area (Å²) in [7, 11) is 1.28. The molecule has 1 heterocycles. The molecule has 8 nitrogen and oxygen atoms in total. The highest BCUT2D eigenvalue weighted by Crippen LogP contribution is 2.26. The zero-order valence-electron chi connectivity index (χ0n) is 13.4. The number of ether oxygens (including phenoxy) is 1. The van der Waals surface area contributed by atoms with E-state index in [0.717, 1.165) is 12.2 Å². The molecule has 0 fully saturated rings. The number of esters is 1. The molecule has 2 aromatic rings. The maximum atomic E-state index is 11.2. The molecule has 24 heavy (non-hydrogen) atoms. The summed E-state index contributed by atoms with van der Waals surface area (Å²) in [6, 6.07) is 4.58. The number of carbonyl (C=O) groups is 1. The van der Waals surface area contributed by atoms with Crippen LogP contribution in [0.2, 0.25) is 0 Å². The Morgan fingerprint density at radius 1 is 1.50 bits per heavy atom. The first-order chi connectivity index (χ1) is 11.5. The van der Waals surface area contributed by atoms with Crippen LogP contribution in [0.4, 0.5) is 11.4 Å². The quantitative estimate of drug-likeness (QED) is 0.362. The molecule has 8 heteroatoms. The van der Waals surface area contributed by atoms with Crippen LogP contribution in [0.3, 0.4) is 0 Å². The number of benzene rings is 1. The average molecular weight is 330 g/mol. The number of aromatic nitrogens is 2. The largest absolute Gasteiger partial charge is 0.466 e. The van der Waals surface area contributed by atoms with E-state index in [1.54, 1.807) is 24.7 Å². The van der Waals surface area contributed by atoms with Crippen molar-refractivity contribution < 1.29 is 14.5 Å². The van der Waals surface area contributed by atoms with Crippen molar-refractivity contribution >= 4 is 23.4 Å². The van der Waals surface area contributed by atoms with Crippen molar-refractivity contribution in [3.8, 4) is 0 Å². The van der Waals surface area contributed by atoms with Crippen molar-refractivity contribution in [2.45, 2.75) is 20.0 Å². The monoisotopic (exact) mass is 330 g/mol. The van der Waals surface area contributed by atoms with Gasteiger partial charge in [0.2, 0.25) is 0 Å². The minimum Gasteiger partial charge on any atom is -0.466 e. The second-order valence-electron chi connectivity index (χ2n) is 4.91. The molecule has 0 radical (unpaired) electrons. The van der Waals surface area contributed by atoms with Crippen molar-refractivity contribution in [2.24, 2.45) is 0 Å². The molecule has 0 atom stereocenters. The number of imidazole rings is 1. The summed E-state index contributed by atoms with van der Waals surface area (Å²) in [5.74, 6) is -0.491. The van der Waals surface area contributed by atoms with Crippen LogP contribution >= 0.6 is 0 Å². The van der Waals surface area contributed by atoms with Gasteiger partial charge in [-0.1, -0.05) is 0 Å². The van der Waals surface area contributed by atoms with Gasteiger partial charge in [-0.2, -0.15) is 0 Å². The van der Waals surface area contributed by atoms with Gasteiger partial charge in [-0.25, -0.2) is 9.78 Å². The number of anilines is 1. The third-order valence-electron chi connectivity index (χ3n) is 3.43. The molecule has 0 saturated carbocycles. The van der Waals surface area contributed by atoms with Crippen LogP contribution in [0.5, 0.6) is 0 Å². The molecular formula is C16H18N4O4. The second kappa shape index (κ2) is 7.91. The highest BCUT2D eigenvalue weighted by atomic mass is 16.6. The van der Waals surface area contributed by atoms with Crippen molar-refractivity contribution in [1.82, 2.24) is 9.55 Å². The molecule has 0 aliphatic heterocycles. The number of methoxy groups -OCH3 is 1. The number of nitrogens with zero attached hydrogens (tertiary/aromatic N) is 3. The van der Waals surface area contributed by atoms with E-state index in [2.05, 4.69) is 15.0 Å². The van der Waals surface area contributed by atoms with Gasteiger partial charge in [0.25, 0.3) is 5.69 Å². The SMILES string of the molecule is CCn1cncc1CNc1cc(/C=C/C(=O)OC)ccc1[N+](=O)[O-]. The fourth-order valence-electron chi connectivity index (χ4n) is 2.16. The number of nitro benzene ring substituents is 1. The summed E-state index contributed by atoms with van der Waals surface area (Å²) in [5.41, 5.74) is 1.91. The summed E-state index contributed by atoms with van der Waals surface area (Å²) in [6.45, 7) is 3.16. The number of hydrogen-bond acceptors (Lipinski definition) is 6. The number of nitro groups is 1. The highest BCUT2D eigenvalue weighted by molar-refractivity contribution is 5.87. The lowest BCUT2D eigenvalue weighted by Crippen LogP contribution is -2.07. The van der Waals surface area contributed by atoms with Crippen molar-refractivity contribution in [2.75, 3.05) is 12.4 Å². The van der Waals surface area contributed by atoms with Gasteiger partial charge in [0.05, 0.1) is 30.6 Å². The van der Waals surface area contributed by atoms with Gasteiger partial charge in [0.1, 0.15) is 5.69 Å². The molecule has 0 amide bonds. The van der Waals surface area contributed by atoms with E-state index >= 15 is 0 Å². The molecule has 1 aromatic carbocycles. The standard InChI is InChI=1S/C16H18N4O4/c1-3-19-11-17-9-13(19)10-18-14-8-12(5-7-16(21)24-2)4-6-15(14)20(22)23/h4-9,11,18H,3,10H2,1-2H3/b7-5+. The molecule has 0 aliphatic carbocycles. The number of nitrogens with one attached hydrogen (secondary N) is 1. The topological polar surface area (TPSA) is 99.3 Å². The molecule has 0 aliphatic rings. The normalized spacial score (nSPS) is 10.8. The van der Waals surface area contributed by atoms with Gasteiger partial charge in [-0.05, 0) is 30.7 Å². The van der Waals surface area contributed by atoms with E-state index < -0.39 is 10.9 Å². The minimum atomic E-state index is -0.491. The van der Waals surface area contributed by atoms with E-state index in [4.69, 9.17) is 0 Å². The predicted molar refractivity (Wildman–Crippen MR) is 89.4 cm³/mol. The molecule has 0 unspecified atom stereocenters. The van der Waals surface area contributed by atoms with Gasteiger partial charge in [-0.3, -0.25) is 10.1 Å². The Balaban J connectivity index is 2.23. The summed E-state index contributed by atoms with van der Waals surface area (Å²) in [4.78, 5) is 26.0. The first-order valence-electron chi connectivity index (χ1n) is 7.32. The minimum absolute atomic E-state index is 0.0345. The van der Waals surface area contributed by atoms with Crippen LogP contribution in [-0.4, -0.2) is 27.6 Å². The maximum absolute atomic E-state index is 11.2. The zero-order chi connectivity index (χ0) is 17.5. The number of aryl methyl sites for hydroxylation is 1. The van der Waals surface area contributed by atoms with E-state index in [1.165, 1.54) is 25.3 Å². The first kappa shape index (κ1) is 17.2. The Morgan fingerprint density at radius 2 is 2.29 bits per heavy atom. The fourth-order valence-corrected chi connectivity index (χ4v) is 2.16. The van der Waals surface area contributed by atoms with E-state index in [-0.39, 0.29) is 5.69 Å². The number of rotatable bonds is 7. The Bertz CT molecular complexity index is 767. The zero-order valence-corrected chi connectivity index (χ0v) is 13.4. The lowest BCUT2D eigenvalue weighted by molar-refractivity contribution is -0.384. The lowest BCUT2D eigenvalue weighted by Gasteiger charge is -2.09. The van der Waals surface area contributed by atoms with Gasteiger partial charge in [-0.15, -0.1) is 0 Å². The van der Waals surface area contributed by atoms with Gasteiger partial charge in [0.15, 0.2) is 0 Å². The van der Waals surface area contributed by atoms with Crippen LogP contribution in [0.25, 0.3) is 6.08 Å². The second-order valence-corrected chi connectivity index (χ2v) is 4.91. The Hall–Kier alpha value is -3.16. The van der Waals surface area contributed by atoms with Crippen molar-refractivity contribution in [1.29, 1.82) is 0 Å². The summed E-state index contributed by atoms with van der Waals surface area (Å²) < 4.78 is 6.47. The predicted octanol–water partition coefficient (Wildman–Crippen LogP) is 2.61. The third kappa shape index (κ3) is 4.19. The first-order valence-corrected chi connectivity index (χ1v) is 7.32. The fraction of sp³-hybridized carbons (Fsp3) is 0.250. The Labute approximate surface area is 138 Å². The molecule has 0 saturated heterocycles. The lowest BCUT2D eigenvalue weighted by atomic mass is 10.1. The molecule has 1 N–H and O–H groups in total. The van der Waals surface area contributed by atoms with Gasteiger partial charge in [0, 0.05) is 24.9 Å². The van der Waals surface area contributed by atoms with Crippen LogP contribution in [0.1, 0.15) is 18.2 Å². The van der Waals surface area contributed by atoms with Crippen LogP contribution in [0.15, 0.2) is 36.8 Å². The summed E-state index contributed by atoms with van der Waals surface area (Å²) >= 11 is 0. The van der Waals surface area contributed by atoms with Crippen LogP contribution in [0, 0.1) is 10.1 Å². The Kier molecular flexibility index (Phi) is 5.67. The summed E-state index contributed by atoms with van der Waals surface area (Å²) in [5, 5.41) is 14.2. The third-order valence-corrected chi connectivity index (χ3v) is 3.43. The molecule has 0 spiro atoms. The molecule has 2 rings (SSSR count). The molecule has 126 valence electrons. The van der Waals surface area contributed by atoms with Crippen LogP contribution < -0.4 is 5.32 Å². The van der Waals surface area contributed by atoms with Gasteiger partial charge >= 0.3 is 5.97 Å². The Morgan fingerprint density at radius 3 is 2.96 bits per heavy atom. The average Bonchev–Trinajstić information content (AvgIpc) is 3.05. The van der Waals surface area contributed by atoms with Crippen molar-refractivity contribution in [3.05, 3.63) is 58.2 Å². The maximum Gasteiger partial charge on any atom is 0.330 e. The number of hydrogen-bond donors (Lipinski definition) is 1. The van der Waals surface area contributed by atoms with Gasteiger partial charge < -0.3 is 14.6 Å². The summed E-state index contributed by atoms with van der Waals surface area (Å²) in [6.07, 6.45) is 6.22. The van der Waals surface area contributed by atoms with E-state index in [1.807, 2.05) is 11.5 Å². The smallest absolute Gasteiger partial charge is 0.330 e. The molecular weight excluding hydrogens is 312 g/mol. The van der Waals surface area contributed by atoms with E-state index in [0.29, 0.717) is 17.8 Å².